The molecular formula is C55H44BF6NO2. The van der Waals surface area contributed by atoms with E-state index in [4.69, 9.17) is 9.39 Å². The summed E-state index contributed by atoms with van der Waals surface area (Å²) in [6.07, 6.45) is 1.10. The number of fused-ring (bicyclic) bond motifs is 7. The summed E-state index contributed by atoms with van der Waals surface area (Å²) < 4.78 is 101. The van der Waals surface area contributed by atoms with E-state index < -0.39 is 30.5 Å². The predicted molar refractivity (Wildman–Crippen MR) is 247 cm³/mol. The lowest BCUT2D eigenvalue weighted by molar-refractivity contribution is -0.138. The van der Waals surface area contributed by atoms with Crippen LogP contribution in [0, 0.1) is 0 Å². The molecule has 0 N–H and O–H groups in total. The van der Waals surface area contributed by atoms with Crippen molar-refractivity contribution in [1.82, 2.24) is 4.48 Å². The van der Waals surface area contributed by atoms with Crippen LogP contribution < -0.4 is 4.74 Å². The fraction of sp³-hybridized carbons (Fsp3) is 0.200. The Morgan fingerprint density at radius 3 is 1.80 bits per heavy atom. The lowest BCUT2D eigenvalue weighted by Crippen LogP contribution is -2.34. The van der Waals surface area contributed by atoms with E-state index in [2.05, 4.69) is 72.9 Å². The normalized spacial score (nSPS) is 18.1. The van der Waals surface area contributed by atoms with Gasteiger partial charge in [0.2, 0.25) is 0 Å². The molecule has 2 aliphatic heterocycles. The minimum Gasteiger partial charge on any atom is -0.485 e. The van der Waals surface area contributed by atoms with Gasteiger partial charge in [0.15, 0.2) is 0 Å². The first-order chi connectivity index (χ1) is 31.4. The Balaban J connectivity index is 1.40. The van der Waals surface area contributed by atoms with Crippen molar-refractivity contribution >= 4 is 23.8 Å². The van der Waals surface area contributed by atoms with Crippen LogP contribution in [0.5, 0.6) is 5.75 Å². The van der Waals surface area contributed by atoms with Crippen LogP contribution >= 0.6 is 0 Å². The number of benzene rings is 5. The molecule has 2 aliphatic carbocycles. The van der Waals surface area contributed by atoms with Crippen LogP contribution in [0.2, 0.25) is 0 Å². The minimum absolute atomic E-state index is 0.0565. The maximum atomic E-state index is 14.2. The van der Waals surface area contributed by atoms with Gasteiger partial charge in [-0.1, -0.05) is 129 Å². The second kappa shape index (κ2) is 16.5. The Hall–Kier alpha value is -6.52. The summed E-state index contributed by atoms with van der Waals surface area (Å²) in [6, 6.07) is 37.3. The lowest BCUT2D eigenvalue weighted by atomic mass is 9.64. The summed E-state index contributed by atoms with van der Waals surface area (Å²) in [5, 5.41) is 0. The molecule has 3 nitrogen and oxygen atoms in total. The molecule has 0 fully saturated rings. The number of hydrogen-bond acceptors (Lipinski definition) is 2. The van der Waals surface area contributed by atoms with Crippen molar-refractivity contribution in [1.29, 1.82) is 0 Å². The monoisotopic (exact) mass is 875 g/mol. The van der Waals surface area contributed by atoms with E-state index in [9.17, 15) is 26.3 Å². The Morgan fingerprint density at radius 1 is 0.615 bits per heavy atom. The summed E-state index contributed by atoms with van der Waals surface area (Å²) in [5.41, 5.74) is 12.4. The van der Waals surface area contributed by atoms with Gasteiger partial charge in [0.05, 0.1) is 11.1 Å². The second-order valence-electron chi connectivity index (χ2n) is 16.8. The van der Waals surface area contributed by atoms with Crippen LogP contribution in [0.1, 0.15) is 83.7 Å². The number of nitrogens with zero attached hydrogens (tertiary/aromatic N) is 1. The number of aromatic nitrogens is 1. The van der Waals surface area contributed by atoms with Crippen LogP contribution in [-0.4, -0.2) is 24.7 Å². The molecule has 2 unspecified atom stereocenters. The average molecular weight is 876 g/mol. The molecule has 0 spiro atoms. The molecule has 5 aromatic carbocycles. The van der Waals surface area contributed by atoms with Crippen molar-refractivity contribution in [3.8, 4) is 28.1 Å². The molecule has 4 aliphatic rings. The second-order valence-corrected chi connectivity index (χ2v) is 16.8. The van der Waals surface area contributed by atoms with Crippen LogP contribution in [0.3, 0.4) is 0 Å². The van der Waals surface area contributed by atoms with Gasteiger partial charge in [-0.2, -0.15) is 26.3 Å². The van der Waals surface area contributed by atoms with Gasteiger partial charge in [0, 0.05) is 41.1 Å². The SMILES string of the molecule is CCC1=C(c2ccccc2)C2=C(c3ccc4c(c3)OC3C=CC=CC43)c3c(-c4ccccc4)c(CC)c(-c4ccc(C(F)(F)F)cc4)n3B(OC)C(=C1c1ccc(C(F)(F)F)cc1)CC2. The highest BCUT2D eigenvalue weighted by molar-refractivity contribution is 6.62. The lowest BCUT2D eigenvalue weighted by Gasteiger charge is -2.29. The molecule has 10 rings (SSSR count). The summed E-state index contributed by atoms with van der Waals surface area (Å²) >= 11 is 0. The van der Waals surface area contributed by atoms with Crippen LogP contribution in [0.25, 0.3) is 39.1 Å². The molecule has 2 atom stereocenters. The quantitative estimate of drug-likeness (QED) is 0.112. The van der Waals surface area contributed by atoms with Crippen molar-refractivity contribution in [2.24, 2.45) is 0 Å². The number of hydrogen-bond donors (Lipinski definition) is 0. The third kappa shape index (κ3) is 7.23. The minimum atomic E-state index is -4.55. The molecule has 2 bridgehead atoms. The van der Waals surface area contributed by atoms with E-state index in [1.165, 1.54) is 12.1 Å². The molecule has 65 heavy (non-hydrogen) atoms. The zero-order chi connectivity index (χ0) is 45.2. The highest BCUT2D eigenvalue weighted by Gasteiger charge is 2.43. The third-order valence-corrected chi connectivity index (χ3v) is 13.3. The zero-order valence-corrected chi connectivity index (χ0v) is 36.0. The molecule has 1 aromatic heterocycles. The predicted octanol–water partition coefficient (Wildman–Crippen LogP) is 14.8. The van der Waals surface area contributed by atoms with Gasteiger partial charge < -0.3 is 13.9 Å². The molecule has 0 saturated carbocycles. The first kappa shape index (κ1) is 42.4. The summed E-state index contributed by atoms with van der Waals surface area (Å²) in [4.78, 5) is 0. The van der Waals surface area contributed by atoms with E-state index >= 15 is 0 Å². The Kier molecular flexibility index (Phi) is 10.8. The maximum Gasteiger partial charge on any atom is 0.452 e. The number of allylic oxidation sites excluding steroid dienone is 7. The van der Waals surface area contributed by atoms with E-state index in [-0.39, 0.29) is 12.0 Å². The van der Waals surface area contributed by atoms with Gasteiger partial charge >= 0.3 is 19.4 Å². The van der Waals surface area contributed by atoms with Crippen LogP contribution in [0.15, 0.2) is 168 Å². The third-order valence-electron chi connectivity index (χ3n) is 13.3. The Bertz CT molecular complexity index is 2970. The molecule has 6 aromatic rings. The molecule has 0 saturated heterocycles. The summed E-state index contributed by atoms with van der Waals surface area (Å²) in [5.74, 6) is 0.824. The molecule has 10 heteroatoms. The zero-order valence-electron chi connectivity index (χ0n) is 36.0. The van der Waals surface area contributed by atoms with Gasteiger partial charge in [-0.3, -0.25) is 0 Å². The molecule has 3 heterocycles. The van der Waals surface area contributed by atoms with E-state index in [1.54, 1.807) is 19.2 Å². The summed E-state index contributed by atoms with van der Waals surface area (Å²) in [6.45, 7) is 4.13. The first-order valence-corrected chi connectivity index (χ1v) is 22.0. The van der Waals surface area contributed by atoms with Crippen LogP contribution in [-0.2, 0) is 23.4 Å². The van der Waals surface area contributed by atoms with Crippen molar-refractivity contribution in [2.75, 3.05) is 7.11 Å². The van der Waals surface area contributed by atoms with Gasteiger partial charge in [-0.25, -0.2) is 0 Å². The largest absolute Gasteiger partial charge is 0.485 e. The van der Waals surface area contributed by atoms with Gasteiger partial charge in [-0.05, 0) is 123 Å². The fourth-order valence-electron chi connectivity index (χ4n) is 10.6. The van der Waals surface area contributed by atoms with Crippen molar-refractivity contribution in [3.05, 3.63) is 213 Å². The number of halogens is 6. The Labute approximate surface area is 374 Å². The number of alkyl halides is 6. The molecule has 0 amide bonds. The van der Waals surface area contributed by atoms with Gasteiger partial charge in [0.25, 0.3) is 0 Å². The molecular weight excluding hydrogens is 831 g/mol. The van der Waals surface area contributed by atoms with Crippen molar-refractivity contribution in [2.45, 2.75) is 63.9 Å². The first-order valence-electron chi connectivity index (χ1n) is 22.0. The highest BCUT2D eigenvalue weighted by atomic mass is 19.4. The number of ether oxygens (including phenoxy) is 1. The summed E-state index contributed by atoms with van der Waals surface area (Å²) in [7, 11) is 0.784. The van der Waals surface area contributed by atoms with Crippen molar-refractivity contribution < 1.29 is 35.7 Å². The van der Waals surface area contributed by atoms with E-state index in [0.29, 0.717) is 42.5 Å². The van der Waals surface area contributed by atoms with E-state index in [0.717, 1.165) is 102 Å². The maximum absolute atomic E-state index is 14.2. The van der Waals surface area contributed by atoms with Crippen molar-refractivity contribution in [3.63, 3.8) is 0 Å². The molecule has 326 valence electrons. The smallest absolute Gasteiger partial charge is 0.452 e. The molecule has 0 radical (unpaired) electrons. The van der Waals surface area contributed by atoms with E-state index in [1.807, 2.05) is 48.6 Å². The van der Waals surface area contributed by atoms with Crippen LogP contribution in [0.4, 0.5) is 26.3 Å². The Morgan fingerprint density at radius 2 is 1.20 bits per heavy atom. The standard InChI is InChI=1S/C55H44BF6NO2/c1-4-40-48(33-14-8-6-9-15-33)44-30-31-45(49(40)35-20-25-38(26-21-35)54(57,58)59)56(64-3)63-52(36-22-27-39(28-23-36)55(60,61)62)41(5-2)50(34-16-10-7-11-17-34)53(63)51(44)37-24-29-43-42-18-12-13-19-46(42)65-47(43)32-37/h6-29,32,42,46H,4-5,30-31H2,1-3H3. The topological polar surface area (TPSA) is 23.4 Å². The average Bonchev–Trinajstić information content (AvgIpc) is 3.80. The van der Waals surface area contributed by atoms with Gasteiger partial charge in [0.1, 0.15) is 11.9 Å². The highest BCUT2D eigenvalue weighted by Crippen LogP contribution is 2.55. The fourth-order valence-corrected chi connectivity index (χ4v) is 10.6. The number of rotatable bonds is 8. The van der Waals surface area contributed by atoms with Gasteiger partial charge in [-0.15, -0.1) is 0 Å².